The summed E-state index contributed by atoms with van der Waals surface area (Å²) in [5.41, 5.74) is 6.34. The summed E-state index contributed by atoms with van der Waals surface area (Å²) >= 11 is 1.35. The van der Waals surface area contributed by atoms with Gasteiger partial charge in [0.15, 0.2) is 4.80 Å². The quantitative estimate of drug-likeness (QED) is 0.282. The van der Waals surface area contributed by atoms with Gasteiger partial charge in [0, 0.05) is 17.2 Å². The van der Waals surface area contributed by atoms with Crippen LogP contribution in [0.1, 0.15) is 52.2 Å². The van der Waals surface area contributed by atoms with Gasteiger partial charge in [0.25, 0.3) is 5.56 Å². The smallest absolute Gasteiger partial charge is 0.335 e. The Bertz CT molecular complexity index is 2050. The van der Waals surface area contributed by atoms with Crippen molar-refractivity contribution < 1.29 is 19.1 Å². The van der Waals surface area contributed by atoms with E-state index in [2.05, 4.69) is 18.2 Å². The highest BCUT2D eigenvalue weighted by molar-refractivity contribution is 7.07. The highest BCUT2D eigenvalue weighted by Crippen LogP contribution is 2.41. The van der Waals surface area contributed by atoms with E-state index in [0.29, 0.717) is 27.5 Å². The van der Waals surface area contributed by atoms with Gasteiger partial charge in [0.1, 0.15) is 17.3 Å². The van der Waals surface area contributed by atoms with Crippen LogP contribution in [0.3, 0.4) is 0 Å². The number of fused-ring (bicyclic) bond motifs is 3. The van der Waals surface area contributed by atoms with Gasteiger partial charge >= 0.3 is 5.97 Å². The molecule has 7 nitrogen and oxygen atoms in total. The Kier molecular flexibility index (Phi) is 6.47. The lowest BCUT2D eigenvalue weighted by Crippen LogP contribution is -2.38. The summed E-state index contributed by atoms with van der Waals surface area (Å²) in [6.45, 7) is 2.54. The van der Waals surface area contributed by atoms with Crippen molar-refractivity contribution in [2.45, 2.75) is 25.8 Å². The molecule has 0 amide bonds. The van der Waals surface area contributed by atoms with Crippen molar-refractivity contribution in [3.05, 3.63) is 138 Å². The molecule has 0 unspecified atom stereocenters. The highest BCUT2D eigenvalue weighted by atomic mass is 32.1. The molecule has 42 heavy (non-hydrogen) atoms. The van der Waals surface area contributed by atoms with Gasteiger partial charge in [0.05, 0.1) is 28.4 Å². The number of allylic oxidation sites excluding steroid dienone is 1. The van der Waals surface area contributed by atoms with Crippen molar-refractivity contribution in [1.82, 2.24) is 4.57 Å². The summed E-state index contributed by atoms with van der Waals surface area (Å²) < 4.78 is 14.1. The average molecular weight is 575 g/mol. The molecule has 2 aromatic heterocycles. The zero-order valence-electron chi connectivity index (χ0n) is 22.7. The van der Waals surface area contributed by atoms with Crippen LogP contribution in [0.4, 0.5) is 0 Å². The monoisotopic (exact) mass is 574 g/mol. The topological polar surface area (TPSA) is 94.0 Å². The Morgan fingerprint density at radius 2 is 1.83 bits per heavy atom. The fourth-order valence-corrected chi connectivity index (χ4v) is 6.71. The van der Waals surface area contributed by atoms with Crippen LogP contribution in [-0.2, 0) is 6.42 Å². The molecule has 208 valence electrons. The summed E-state index contributed by atoms with van der Waals surface area (Å²) in [6, 6.07) is 26.2. The summed E-state index contributed by atoms with van der Waals surface area (Å²) in [7, 11) is 0. The Morgan fingerprint density at radius 3 is 2.60 bits per heavy atom. The van der Waals surface area contributed by atoms with E-state index >= 15 is 0 Å². The minimum atomic E-state index is -0.981. The van der Waals surface area contributed by atoms with Crippen molar-refractivity contribution in [1.29, 1.82) is 0 Å². The lowest BCUT2D eigenvalue weighted by atomic mass is 9.83. The number of carbonyl (C=O) groups is 1. The third kappa shape index (κ3) is 4.50. The molecular formula is C34H26N2O5S. The molecule has 3 aromatic carbocycles. The van der Waals surface area contributed by atoms with Crippen LogP contribution in [0.25, 0.3) is 23.1 Å². The number of aromatic carboxylic acids is 1. The number of carboxylic acids is 1. The van der Waals surface area contributed by atoms with Gasteiger partial charge in [-0.2, -0.15) is 0 Å². The van der Waals surface area contributed by atoms with E-state index in [9.17, 15) is 14.7 Å². The number of rotatable bonds is 6. The number of furan rings is 1. The maximum atomic E-state index is 14.0. The van der Waals surface area contributed by atoms with Crippen LogP contribution >= 0.6 is 11.3 Å². The molecule has 8 heteroatoms. The fourth-order valence-electron chi connectivity index (χ4n) is 5.73. The third-order valence-corrected chi connectivity index (χ3v) is 8.68. The van der Waals surface area contributed by atoms with Crippen LogP contribution in [0.2, 0.25) is 0 Å². The van der Waals surface area contributed by atoms with Crippen LogP contribution in [0.15, 0.2) is 105 Å². The van der Waals surface area contributed by atoms with Crippen molar-refractivity contribution in [2.24, 2.45) is 4.99 Å². The van der Waals surface area contributed by atoms with Crippen molar-refractivity contribution in [2.75, 3.05) is 6.61 Å². The number of aromatic nitrogens is 1. The van der Waals surface area contributed by atoms with Crippen LogP contribution in [0.5, 0.6) is 5.75 Å². The molecule has 5 aromatic rings. The number of aryl methyl sites for hydroxylation is 1. The van der Waals surface area contributed by atoms with E-state index in [1.54, 1.807) is 30.3 Å². The largest absolute Gasteiger partial charge is 0.494 e. The van der Waals surface area contributed by atoms with E-state index in [4.69, 9.17) is 14.1 Å². The lowest BCUT2D eigenvalue weighted by molar-refractivity contribution is 0.0697. The first-order valence-electron chi connectivity index (χ1n) is 13.8. The van der Waals surface area contributed by atoms with Gasteiger partial charge < -0.3 is 14.3 Å². The average Bonchev–Trinajstić information content (AvgIpc) is 3.61. The Balaban J connectivity index is 1.34. The Hall–Kier alpha value is -4.95. The summed E-state index contributed by atoms with van der Waals surface area (Å²) in [4.78, 5) is 30.9. The molecule has 0 spiro atoms. The molecule has 0 bridgehead atoms. The molecule has 1 aliphatic carbocycles. The van der Waals surface area contributed by atoms with Crippen molar-refractivity contribution in [3.63, 3.8) is 0 Å². The number of hydrogen-bond acceptors (Lipinski definition) is 6. The number of benzene rings is 3. The fraction of sp³-hybridized carbons (Fsp3) is 0.147. The van der Waals surface area contributed by atoms with E-state index in [1.807, 2.05) is 54.0 Å². The first kappa shape index (κ1) is 26.0. The van der Waals surface area contributed by atoms with Crippen LogP contribution in [0, 0.1) is 0 Å². The number of thiazole rings is 1. The second-order valence-corrected chi connectivity index (χ2v) is 11.2. The molecule has 1 atom stereocenters. The molecule has 0 saturated heterocycles. The predicted octanol–water partition coefficient (Wildman–Crippen LogP) is 5.68. The van der Waals surface area contributed by atoms with Gasteiger partial charge in [-0.25, -0.2) is 9.79 Å². The van der Waals surface area contributed by atoms with Crippen LogP contribution in [-0.4, -0.2) is 22.2 Å². The first-order valence-corrected chi connectivity index (χ1v) is 14.6. The molecular weight excluding hydrogens is 548 g/mol. The van der Waals surface area contributed by atoms with E-state index < -0.39 is 5.97 Å². The predicted molar refractivity (Wildman–Crippen MR) is 161 cm³/mol. The number of hydrogen-bond donors (Lipinski definition) is 1. The molecule has 1 aliphatic heterocycles. The molecule has 0 saturated carbocycles. The first-order chi connectivity index (χ1) is 20.5. The molecule has 7 rings (SSSR count). The zero-order valence-corrected chi connectivity index (χ0v) is 23.6. The molecule has 0 fully saturated rings. The molecule has 0 radical (unpaired) electrons. The maximum absolute atomic E-state index is 14.0. The minimum Gasteiger partial charge on any atom is -0.494 e. The van der Waals surface area contributed by atoms with E-state index in [0.717, 1.165) is 46.6 Å². The SMILES string of the molecule is CCOc1ccc([C@@H]2C3=C(N=c4s/c(=C\c5ccc(-c6ccc(C(=O)O)cc6)o5)c(=O)n42)c2ccccc2CC3)cc1. The van der Waals surface area contributed by atoms with Crippen molar-refractivity contribution >= 4 is 29.1 Å². The van der Waals surface area contributed by atoms with Gasteiger partial charge in [-0.15, -0.1) is 0 Å². The second-order valence-electron chi connectivity index (χ2n) is 10.2. The molecule has 2 aliphatic rings. The summed E-state index contributed by atoms with van der Waals surface area (Å²) in [5.74, 6) is 0.934. The van der Waals surface area contributed by atoms with Crippen molar-refractivity contribution in [3.8, 4) is 17.1 Å². The molecule has 3 heterocycles. The highest BCUT2D eigenvalue weighted by Gasteiger charge is 2.32. The third-order valence-electron chi connectivity index (χ3n) is 7.70. The standard InChI is InChI=1S/C34H26N2O5S/c1-2-40-24-14-11-22(12-15-24)31-27-17-13-20-5-3-4-6-26(20)30(27)35-34-36(31)32(37)29(42-34)19-25-16-18-28(41-25)21-7-9-23(10-8-21)33(38)39/h3-12,14-16,18-19,31H,2,13,17H2,1H3,(H,38,39)/b29-19-/t31-/m1/s1. The van der Waals surface area contributed by atoms with Gasteiger partial charge in [0.2, 0.25) is 0 Å². The summed E-state index contributed by atoms with van der Waals surface area (Å²) in [5, 5.41) is 9.18. The normalized spacial score (nSPS) is 15.9. The molecule has 1 N–H and O–H groups in total. The number of ether oxygens (including phenoxy) is 1. The van der Waals surface area contributed by atoms with E-state index in [1.165, 1.54) is 16.9 Å². The van der Waals surface area contributed by atoms with Crippen LogP contribution < -0.4 is 19.6 Å². The summed E-state index contributed by atoms with van der Waals surface area (Å²) in [6.07, 6.45) is 3.47. The zero-order chi connectivity index (χ0) is 28.8. The Morgan fingerprint density at radius 1 is 1.05 bits per heavy atom. The second kappa shape index (κ2) is 10.5. The van der Waals surface area contributed by atoms with E-state index in [-0.39, 0.29) is 17.2 Å². The minimum absolute atomic E-state index is 0.119. The maximum Gasteiger partial charge on any atom is 0.335 e. The lowest BCUT2D eigenvalue weighted by Gasteiger charge is -2.30. The number of carboxylic acid groups (broad SMARTS) is 1. The Labute approximate surface area is 245 Å². The number of nitrogens with zero attached hydrogens (tertiary/aromatic N) is 2. The van der Waals surface area contributed by atoms with Gasteiger partial charge in [-0.1, -0.05) is 59.9 Å². The van der Waals surface area contributed by atoms with Gasteiger partial charge in [-0.05, 0) is 72.9 Å². The van der Waals surface area contributed by atoms with Gasteiger partial charge in [-0.3, -0.25) is 9.36 Å².